The van der Waals surface area contributed by atoms with E-state index in [2.05, 4.69) is 21.2 Å². The van der Waals surface area contributed by atoms with Crippen LogP contribution >= 0.6 is 27.5 Å². The lowest BCUT2D eigenvalue weighted by Gasteiger charge is -2.09. The van der Waals surface area contributed by atoms with Gasteiger partial charge in [0.15, 0.2) is 0 Å². The molecule has 0 atom stereocenters. The number of rotatable bonds is 3. The normalized spacial score (nSPS) is 10.2. The highest BCUT2D eigenvalue weighted by atomic mass is 79.9. The van der Waals surface area contributed by atoms with E-state index in [9.17, 15) is 10.1 Å². The van der Waals surface area contributed by atoms with Gasteiger partial charge in [-0.25, -0.2) is 0 Å². The Morgan fingerprint density at radius 1 is 1.26 bits per heavy atom. The molecule has 98 valence electrons. The molecule has 5 nitrogen and oxygen atoms in total. The number of benzene rings is 2. The van der Waals surface area contributed by atoms with Gasteiger partial charge < -0.3 is 11.1 Å². The first-order valence-electron chi connectivity index (χ1n) is 5.23. The van der Waals surface area contributed by atoms with Crippen LogP contribution < -0.4 is 11.1 Å². The molecule has 0 aromatic heterocycles. The van der Waals surface area contributed by atoms with E-state index in [4.69, 9.17) is 17.3 Å². The van der Waals surface area contributed by atoms with Crippen LogP contribution in [0.25, 0.3) is 0 Å². The van der Waals surface area contributed by atoms with E-state index in [1.165, 1.54) is 12.1 Å². The molecule has 0 fully saturated rings. The van der Waals surface area contributed by atoms with E-state index < -0.39 is 4.92 Å². The van der Waals surface area contributed by atoms with E-state index in [1.807, 2.05) is 6.07 Å². The third-order valence-corrected chi connectivity index (χ3v) is 3.24. The van der Waals surface area contributed by atoms with Gasteiger partial charge in [-0.1, -0.05) is 27.5 Å². The van der Waals surface area contributed by atoms with Crippen molar-refractivity contribution in [2.45, 2.75) is 0 Å². The summed E-state index contributed by atoms with van der Waals surface area (Å²) in [6, 6.07) is 9.80. The molecule has 0 heterocycles. The van der Waals surface area contributed by atoms with Crippen molar-refractivity contribution < 1.29 is 4.92 Å². The molecule has 0 aliphatic heterocycles. The number of hydrogen-bond donors (Lipinski definition) is 2. The van der Waals surface area contributed by atoms with Crippen LogP contribution in [0.2, 0.25) is 5.02 Å². The van der Waals surface area contributed by atoms with Crippen LogP contribution in [-0.2, 0) is 0 Å². The van der Waals surface area contributed by atoms with Gasteiger partial charge in [0.1, 0.15) is 5.69 Å². The van der Waals surface area contributed by atoms with Crippen molar-refractivity contribution in [1.29, 1.82) is 0 Å². The summed E-state index contributed by atoms with van der Waals surface area (Å²) in [5, 5.41) is 14.2. The molecule has 0 saturated carbocycles. The maximum absolute atomic E-state index is 10.7. The summed E-state index contributed by atoms with van der Waals surface area (Å²) in [4.78, 5) is 10.1. The molecule has 0 aliphatic rings. The van der Waals surface area contributed by atoms with E-state index >= 15 is 0 Å². The first kappa shape index (κ1) is 13.6. The van der Waals surface area contributed by atoms with Crippen LogP contribution in [0.4, 0.5) is 22.7 Å². The van der Waals surface area contributed by atoms with Crippen molar-refractivity contribution in [3.63, 3.8) is 0 Å². The van der Waals surface area contributed by atoms with E-state index in [-0.39, 0.29) is 11.4 Å². The number of anilines is 3. The van der Waals surface area contributed by atoms with Crippen molar-refractivity contribution in [1.82, 2.24) is 0 Å². The maximum atomic E-state index is 10.7. The summed E-state index contributed by atoms with van der Waals surface area (Å²) in [7, 11) is 0. The molecule has 2 aromatic carbocycles. The summed E-state index contributed by atoms with van der Waals surface area (Å²) in [6.07, 6.45) is 0. The molecule has 0 spiro atoms. The maximum Gasteiger partial charge on any atom is 0.292 e. The SMILES string of the molecule is Nc1cc(Nc2ccc(Br)cc2Cl)ccc1[N+](=O)[O-]. The zero-order valence-electron chi connectivity index (χ0n) is 9.56. The largest absolute Gasteiger partial charge is 0.393 e. The number of nitrogens with one attached hydrogen (secondary N) is 1. The van der Waals surface area contributed by atoms with Crippen LogP contribution in [0.3, 0.4) is 0 Å². The number of hydrogen-bond acceptors (Lipinski definition) is 4. The molecule has 0 amide bonds. The Balaban J connectivity index is 2.29. The third-order valence-electron chi connectivity index (χ3n) is 2.43. The first-order chi connectivity index (χ1) is 8.97. The topological polar surface area (TPSA) is 81.2 Å². The fourth-order valence-electron chi connectivity index (χ4n) is 1.54. The van der Waals surface area contributed by atoms with Crippen molar-refractivity contribution in [3.05, 3.63) is 56.0 Å². The number of nitrogen functional groups attached to an aromatic ring is 1. The zero-order valence-corrected chi connectivity index (χ0v) is 11.9. The Hall–Kier alpha value is -1.79. The lowest BCUT2D eigenvalue weighted by Crippen LogP contribution is -1.97. The zero-order chi connectivity index (χ0) is 14.0. The lowest BCUT2D eigenvalue weighted by molar-refractivity contribution is -0.383. The molecule has 7 heteroatoms. The minimum atomic E-state index is -0.522. The van der Waals surface area contributed by atoms with Crippen LogP contribution in [0.5, 0.6) is 0 Å². The molecule has 0 saturated heterocycles. The molecule has 19 heavy (non-hydrogen) atoms. The van der Waals surface area contributed by atoms with Crippen molar-refractivity contribution in [3.8, 4) is 0 Å². The Bertz CT molecular complexity index is 649. The average molecular weight is 343 g/mol. The van der Waals surface area contributed by atoms with Crippen LogP contribution in [0.15, 0.2) is 40.9 Å². The van der Waals surface area contributed by atoms with Gasteiger partial charge >= 0.3 is 0 Å². The number of nitrogens with two attached hydrogens (primary N) is 1. The van der Waals surface area contributed by atoms with Gasteiger partial charge in [-0.2, -0.15) is 0 Å². The molecular formula is C12H9BrClN3O2. The summed E-state index contributed by atoms with van der Waals surface area (Å²) in [5.41, 5.74) is 6.92. The summed E-state index contributed by atoms with van der Waals surface area (Å²) in [6.45, 7) is 0. The smallest absolute Gasteiger partial charge is 0.292 e. The number of nitro groups is 1. The molecule has 2 aromatic rings. The predicted molar refractivity (Wildman–Crippen MR) is 79.9 cm³/mol. The summed E-state index contributed by atoms with van der Waals surface area (Å²) in [5.74, 6) is 0. The van der Waals surface area contributed by atoms with Gasteiger partial charge in [-0.15, -0.1) is 0 Å². The number of halogens is 2. The van der Waals surface area contributed by atoms with E-state index in [1.54, 1.807) is 18.2 Å². The van der Waals surface area contributed by atoms with Crippen molar-refractivity contribution >= 4 is 50.3 Å². The van der Waals surface area contributed by atoms with Gasteiger partial charge in [0.2, 0.25) is 0 Å². The van der Waals surface area contributed by atoms with E-state index in [0.717, 1.165) is 4.47 Å². The number of nitro benzene ring substituents is 1. The Morgan fingerprint density at radius 3 is 2.58 bits per heavy atom. The monoisotopic (exact) mass is 341 g/mol. The third kappa shape index (κ3) is 3.15. The Kier molecular flexibility index (Phi) is 3.92. The average Bonchev–Trinajstić information content (AvgIpc) is 2.32. The summed E-state index contributed by atoms with van der Waals surface area (Å²) < 4.78 is 0.867. The summed E-state index contributed by atoms with van der Waals surface area (Å²) >= 11 is 9.38. The second-order valence-corrected chi connectivity index (χ2v) is 5.10. The van der Waals surface area contributed by atoms with Gasteiger partial charge in [-0.3, -0.25) is 10.1 Å². The molecule has 2 rings (SSSR count). The van der Waals surface area contributed by atoms with Crippen LogP contribution in [0, 0.1) is 10.1 Å². The highest BCUT2D eigenvalue weighted by Gasteiger charge is 2.11. The Morgan fingerprint density at radius 2 is 2.00 bits per heavy atom. The second kappa shape index (κ2) is 5.46. The van der Waals surface area contributed by atoms with Crippen molar-refractivity contribution in [2.75, 3.05) is 11.1 Å². The molecule has 3 N–H and O–H groups in total. The van der Waals surface area contributed by atoms with Gasteiger partial charge in [0.05, 0.1) is 15.6 Å². The molecule has 0 unspecified atom stereocenters. The van der Waals surface area contributed by atoms with Gasteiger partial charge in [0, 0.05) is 16.2 Å². The molecule has 0 bridgehead atoms. The number of nitrogens with zero attached hydrogens (tertiary/aromatic N) is 1. The minimum absolute atomic E-state index is 0.100. The van der Waals surface area contributed by atoms with Crippen molar-refractivity contribution in [2.24, 2.45) is 0 Å². The first-order valence-corrected chi connectivity index (χ1v) is 6.40. The van der Waals surface area contributed by atoms with E-state index in [0.29, 0.717) is 16.4 Å². The fourth-order valence-corrected chi connectivity index (χ4v) is 2.27. The minimum Gasteiger partial charge on any atom is -0.393 e. The molecular weight excluding hydrogens is 334 g/mol. The molecule has 0 aliphatic carbocycles. The highest BCUT2D eigenvalue weighted by Crippen LogP contribution is 2.31. The Labute approximate surface area is 122 Å². The quantitative estimate of drug-likeness (QED) is 0.494. The van der Waals surface area contributed by atoms with Crippen LogP contribution in [-0.4, -0.2) is 4.92 Å². The van der Waals surface area contributed by atoms with Gasteiger partial charge in [0.25, 0.3) is 5.69 Å². The highest BCUT2D eigenvalue weighted by molar-refractivity contribution is 9.10. The lowest BCUT2D eigenvalue weighted by atomic mass is 10.2. The molecule has 0 radical (unpaired) electrons. The van der Waals surface area contributed by atoms with Crippen LogP contribution in [0.1, 0.15) is 0 Å². The standard InChI is InChI=1S/C12H9BrClN3O2/c13-7-1-3-11(9(14)5-7)16-8-2-4-12(17(18)19)10(15)6-8/h1-6,16H,15H2. The second-order valence-electron chi connectivity index (χ2n) is 3.78. The fraction of sp³-hybridized carbons (Fsp3) is 0. The predicted octanol–water partition coefficient (Wildman–Crippen LogP) is 4.34. The van der Waals surface area contributed by atoms with Gasteiger partial charge in [-0.05, 0) is 30.3 Å².